The lowest BCUT2D eigenvalue weighted by Crippen LogP contribution is -2.58. The molecular formula is C27H39N3O4S. The number of para-hydroxylation sites is 1. The highest BCUT2D eigenvalue weighted by atomic mass is 32.2. The molecule has 0 aliphatic carbocycles. The van der Waals surface area contributed by atoms with E-state index >= 15 is 0 Å². The number of fused-ring (bicyclic) bond motifs is 1. The molecule has 0 radical (unpaired) electrons. The van der Waals surface area contributed by atoms with Gasteiger partial charge in [0.25, 0.3) is 0 Å². The number of likely N-dealkylation sites (tertiary alicyclic amines) is 1. The first-order valence-electron chi connectivity index (χ1n) is 12.9. The predicted octanol–water partition coefficient (Wildman–Crippen LogP) is 3.43. The molecule has 1 aromatic carbocycles. The van der Waals surface area contributed by atoms with Crippen molar-refractivity contribution < 1.29 is 19.5 Å². The van der Waals surface area contributed by atoms with Crippen molar-refractivity contribution in [1.82, 2.24) is 10.2 Å². The summed E-state index contributed by atoms with van der Waals surface area (Å²) in [5.74, 6) is -1.69. The molecule has 3 fully saturated rings. The van der Waals surface area contributed by atoms with Crippen LogP contribution in [-0.2, 0) is 14.4 Å². The smallest absolute Gasteiger partial charge is 0.244 e. The number of benzene rings is 1. The molecule has 3 saturated heterocycles. The summed E-state index contributed by atoms with van der Waals surface area (Å²) in [6.45, 7) is 9.83. The van der Waals surface area contributed by atoms with Gasteiger partial charge in [-0.25, -0.2) is 0 Å². The molecule has 8 heteroatoms. The average Bonchev–Trinajstić information content (AvgIpc) is 3.36. The molecule has 7 atom stereocenters. The molecule has 2 bridgehead atoms. The van der Waals surface area contributed by atoms with Crippen LogP contribution in [0.5, 0.6) is 0 Å². The fraction of sp³-hybridized carbons (Fsp3) is 0.667. The van der Waals surface area contributed by atoms with Gasteiger partial charge in [-0.1, -0.05) is 45.4 Å². The van der Waals surface area contributed by atoms with Crippen molar-refractivity contribution in [1.29, 1.82) is 0 Å². The number of anilines is 1. The molecule has 7 nitrogen and oxygen atoms in total. The van der Waals surface area contributed by atoms with E-state index in [0.717, 1.165) is 19.3 Å². The number of nitrogens with zero attached hydrogens (tertiary/aromatic N) is 1. The van der Waals surface area contributed by atoms with E-state index in [4.69, 9.17) is 0 Å². The SMILES string of the molecule is CCCC(C)NC(=O)C1N([C@@H](CO)C(C)C)C(=O)[C@@H]2[C@H](C(=O)Nc3ccccc3)[C@]3(C)CCC12S3. The highest BCUT2D eigenvalue weighted by molar-refractivity contribution is 8.02. The number of hydrogen-bond acceptors (Lipinski definition) is 5. The molecule has 3 aliphatic rings. The fourth-order valence-corrected chi connectivity index (χ4v) is 8.95. The van der Waals surface area contributed by atoms with Gasteiger partial charge in [0.1, 0.15) is 6.04 Å². The predicted molar refractivity (Wildman–Crippen MR) is 139 cm³/mol. The van der Waals surface area contributed by atoms with Crippen LogP contribution in [0.15, 0.2) is 30.3 Å². The van der Waals surface area contributed by atoms with E-state index in [-0.39, 0.29) is 36.3 Å². The van der Waals surface area contributed by atoms with Crippen molar-refractivity contribution >= 4 is 35.2 Å². The van der Waals surface area contributed by atoms with Gasteiger partial charge < -0.3 is 20.6 Å². The fourth-order valence-electron chi connectivity index (χ4n) is 6.61. The summed E-state index contributed by atoms with van der Waals surface area (Å²) in [6, 6.07) is 8.09. The van der Waals surface area contributed by atoms with Crippen LogP contribution >= 0.6 is 11.8 Å². The molecule has 0 saturated carbocycles. The molecule has 4 rings (SSSR count). The van der Waals surface area contributed by atoms with Gasteiger partial charge in [0.2, 0.25) is 17.7 Å². The number of rotatable bonds is 9. The molecule has 3 amide bonds. The van der Waals surface area contributed by atoms with E-state index in [1.54, 1.807) is 16.7 Å². The molecule has 1 aromatic rings. The van der Waals surface area contributed by atoms with Gasteiger partial charge in [-0.15, -0.1) is 11.8 Å². The monoisotopic (exact) mass is 501 g/mol. The van der Waals surface area contributed by atoms with Gasteiger partial charge in [-0.05, 0) is 51.2 Å². The maximum absolute atomic E-state index is 14.2. The van der Waals surface area contributed by atoms with Crippen molar-refractivity contribution in [3.63, 3.8) is 0 Å². The summed E-state index contributed by atoms with van der Waals surface area (Å²) in [5.41, 5.74) is 0.698. The highest BCUT2D eigenvalue weighted by Crippen LogP contribution is 2.71. The Hall–Kier alpha value is -2.06. The zero-order valence-corrected chi connectivity index (χ0v) is 22.2. The second kappa shape index (κ2) is 9.77. The quantitative estimate of drug-likeness (QED) is 0.482. The number of amides is 3. The molecule has 35 heavy (non-hydrogen) atoms. The van der Waals surface area contributed by atoms with E-state index < -0.39 is 33.4 Å². The van der Waals surface area contributed by atoms with Crippen LogP contribution in [0.4, 0.5) is 5.69 Å². The van der Waals surface area contributed by atoms with Crippen LogP contribution in [0.25, 0.3) is 0 Å². The normalized spacial score (nSPS) is 33.1. The van der Waals surface area contributed by atoms with E-state index in [2.05, 4.69) is 24.5 Å². The molecule has 3 unspecified atom stereocenters. The summed E-state index contributed by atoms with van der Waals surface area (Å²) in [6.07, 6.45) is 3.26. The second-order valence-electron chi connectivity index (χ2n) is 11.0. The van der Waals surface area contributed by atoms with Crippen molar-refractivity contribution in [2.24, 2.45) is 17.8 Å². The van der Waals surface area contributed by atoms with Crippen LogP contribution in [0.3, 0.4) is 0 Å². The van der Waals surface area contributed by atoms with E-state index in [9.17, 15) is 19.5 Å². The molecule has 3 heterocycles. The van der Waals surface area contributed by atoms with Crippen LogP contribution in [0, 0.1) is 17.8 Å². The lowest BCUT2D eigenvalue weighted by Gasteiger charge is -2.39. The Bertz CT molecular complexity index is 972. The Labute approximate surface area is 212 Å². The number of aliphatic hydroxyl groups excluding tert-OH is 1. The largest absolute Gasteiger partial charge is 0.394 e. The first-order chi connectivity index (χ1) is 16.6. The lowest BCUT2D eigenvalue weighted by atomic mass is 9.66. The van der Waals surface area contributed by atoms with Crippen LogP contribution in [0.1, 0.15) is 60.3 Å². The maximum Gasteiger partial charge on any atom is 0.244 e. The third-order valence-electron chi connectivity index (χ3n) is 8.21. The van der Waals surface area contributed by atoms with Crippen molar-refractivity contribution in [2.75, 3.05) is 11.9 Å². The topological polar surface area (TPSA) is 98.7 Å². The Morgan fingerprint density at radius 3 is 2.46 bits per heavy atom. The molecule has 192 valence electrons. The van der Waals surface area contributed by atoms with Gasteiger partial charge in [0.05, 0.1) is 29.2 Å². The van der Waals surface area contributed by atoms with E-state index in [1.165, 1.54) is 0 Å². The molecule has 0 aromatic heterocycles. The first-order valence-corrected chi connectivity index (χ1v) is 13.7. The first kappa shape index (κ1) is 26.0. The van der Waals surface area contributed by atoms with Crippen LogP contribution in [0.2, 0.25) is 0 Å². The Balaban J connectivity index is 1.74. The summed E-state index contributed by atoms with van der Waals surface area (Å²) in [7, 11) is 0. The van der Waals surface area contributed by atoms with E-state index in [0.29, 0.717) is 12.1 Å². The van der Waals surface area contributed by atoms with Gasteiger partial charge >= 0.3 is 0 Å². The minimum absolute atomic E-state index is 0.0112. The second-order valence-corrected chi connectivity index (χ2v) is 12.9. The van der Waals surface area contributed by atoms with Crippen LogP contribution < -0.4 is 10.6 Å². The van der Waals surface area contributed by atoms with Crippen molar-refractivity contribution in [2.45, 2.75) is 87.9 Å². The van der Waals surface area contributed by atoms with Gasteiger partial charge in [-0.3, -0.25) is 14.4 Å². The molecule has 1 spiro atoms. The number of carbonyl (C=O) groups is 3. The zero-order valence-electron chi connectivity index (χ0n) is 21.4. The van der Waals surface area contributed by atoms with Crippen LogP contribution in [-0.4, -0.2) is 62.0 Å². The summed E-state index contributed by atoms with van der Waals surface area (Å²) in [4.78, 5) is 43.3. The van der Waals surface area contributed by atoms with E-state index in [1.807, 2.05) is 51.1 Å². The Kier molecular flexibility index (Phi) is 7.26. The highest BCUT2D eigenvalue weighted by Gasteiger charge is 2.77. The average molecular weight is 502 g/mol. The lowest BCUT2D eigenvalue weighted by molar-refractivity contribution is -0.143. The third-order valence-corrected chi connectivity index (χ3v) is 10.2. The zero-order chi connectivity index (χ0) is 25.5. The summed E-state index contributed by atoms with van der Waals surface area (Å²) in [5, 5.41) is 16.5. The number of hydrogen-bond donors (Lipinski definition) is 3. The number of thioether (sulfide) groups is 1. The number of carbonyl (C=O) groups excluding carboxylic acids is 3. The maximum atomic E-state index is 14.2. The minimum atomic E-state index is -0.708. The molecular weight excluding hydrogens is 462 g/mol. The van der Waals surface area contributed by atoms with Crippen molar-refractivity contribution in [3.05, 3.63) is 30.3 Å². The van der Waals surface area contributed by atoms with Gasteiger partial charge in [0, 0.05) is 16.5 Å². The number of nitrogens with one attached hydrogen (secondary N) is 2. The Morgan fingerprint density at radius 2 is 1.86 bits per heavy atom. The van der Waals surface area contributed by atoms with Gasteiger partial charge in [-0.2, -0.15) is 0 Å². The minimum Gasteiger partial charge on any atom is -0.394 e. The third kappa shape index (κ3) is 4.26. The van der Waals surface area contributed by atoms with Gasteiger partial charge in [0.15, 0.2) is 0 Å². The molecule has 3 N–H and O–H groups in total. The summed E-state index contributed by atoms with van der Waals surface area (Å²) < 4.78 is -1.10. The summed E-state index contributed by atoms with van der Waals surface area (Å²) >= 11 is 1.66. The standard InChI is InChI=1S/C27H39N3O4S/c1-6-10-17(4)28-24(33)22-27-14-13-26(5,35-27)20(23(32)29-18-11-8-7-9-12-18)21(27)25(34)30(22)19(15-31)16(2)3/h7-9,11-12,16-17,19-22,31H,6,10,13-15H2,1-5H3,(H,28,33)(H,29,32)/t17?,19-,20+,21-,22?,26-,27?/m0/s1. The van der Waals surface area contributed by atoms with Crippen molar-refractivity contribution in [3.8, 4) is 0 Å². The number of aliphatic hydroxyl groups is 1. The Morgan fingerprint density at radius 1 is 1.17 bits per heavy atom. The molecule has 3 aliphatic heterocycles.